The number of aliphatic carboxylic acids is 1. The molecule has 0 saturated carbocycles. The van der Waals surface area contributed by atoms with E-state index in [-0.39, 0.29) is 12.8 Å². The van der Waals surface area contributed by atoms with Crippen LogP contribution in [0.15, 0.2) is 0 Å². The fraction of sp³-hybridized carbons (Fsp3) is 0.833. The summed E-state index contributed by atoms with van der Waals surface area (Å²) in [6, 6.07) is 0. The molecule has 0 aromatic rings. The van der Waals surface area contributed by atoms with Gasteiger partial charge < -0.3 is 14.9 Å². The summed E-state index contributed by atoms with van der Waals surface area (Å²) in [5.74, 6) is -1.65. The maximum atomic E-state index is 10.9. The molecule has 2 unspecified atom stereocenters. The van der Waals surface area contributed by atoms with E-state index in [9.17, 15) is 14.7 Å². The van der Waals surface area contributed by atoms with Crippen LogP contribution in [0.2, 0.25) is 0 Å². The van der Waals surface area contributed by atoms with E-state index in [1.165, 1.54) is 0 Å². The van der Waals surface area contributed by atoms with E-state index in [2.05, 4.69) is 0 Å². The predicted octanol–water partition coefficient (Wildman–Crippen LogP) is 1.97. The van der Waals surface area contributed by atoms with Crippen LogP contribution >= 0.6 is 0 Å². The van der Waals surface area contributed by atoms with Crippen LogP contribution in [0.4, 0.5) is 0 Å². The molecule has 1 aliphatic heterocycles. The molecular formula is C12H24O5. The molecule has 1 heterocycles. The molecule has 0 spiro atoms. The molecule has 0 aromatic carbocycles. The summed E-state index contributed by atoms with van der Waals surface area (Å²) in [7, 11) is 0. The summed E-state index contributed by atoms with van der Waals surface area (Å²) >= 11 is 0. The maximum Gasteiger partial charge on any atom is 0.308 e. The van der Waals surface area contributed by atoms with Gasteiger partial charge in [0.25, 0.3) is 0 Å². The Morgan fingerprint density at radius 3 is 2.24 bits per heavy atom. The molecule has 2 N–H and O–H groups in total. The highest BCUT2D eigenvalue weighted by molar-refractivity contribution is 5.75. The molecule has 0 bridgehead atoms. The highest BCUT2D eigenvalue weighted by Crippen LogP contribution is 2.28. The van der Waals surface area contributed by atoms with Crippen molar-refractivity contribution in [1.82, 2.24) is 0 Å². The number of aliphatic hydroxyl groups is 1. The third kappa shape index (κ3) is 7.74. The SMILES string of the molecule is CC.CC.CC1CC(O)(CC(=O)O)CC(=O)O1. The van der Waals surface area contributed by atoms with E-state index < -0.39 is 30.1 Å². The van der Waals surface area contributed by atoms with Crippen LogP contribution in [0.1, 0.15) is 53.9 Å². The van der Waals surface area contributed by atoms with Crippen LogP contribution in [-0.4, -0.2) is 33.9 Å². The summed E-state index contributed by atoms with van der Waals surface area (Å²) in [5, 5.41) is 18.2. The van der Waals surface area contributed by atoms with Crippen molar-refractivity contribution < 1.29 is 24.5 Å². The van der Waals surface area contributed by atoms with Gasteiger partial charge in [-0.2, -0.15) is 0 Å². The Hall–Kier alpha value is -1.10. The van der Waals surface area contributed by atoms with Crippen LogP contribution in [0.5, 0.6) is 0 Å². The molecule has 1 rings (SSSR count). The van der Waals surface area contributed by atoms with Gasteiger partial charge in [0.2, 0.25) is 0 Å². The van der Waals surface area contributed by atoms with Gasteiger partial charge in [-0.1, -0.05) is 27.7 Å². The minimum Gasteiger partial charge on any atom is -0.481 e. The average molecular weight is 248 g/mol. The number of hydrogen-bond acceptors (Lipinski definition) is 4. The highest BCUT2D eigenvalue weighted by Gasteiger charge is 2.39. The third-order valence-corrected chi connectivity index (χ3v) is 1.95. The lowest BCUT2D eigenvalue weighted by molar-refractivity contribution is -0.171. The first-order valence-corrected chi connectivity index (χ1v) is 6.05. The van der Waals surface area contributed by atoms with Gasteiger partial charge in [-0.15, -0.1) is 0 Å². The molecule has 0 aliphatic carbocycles. The van der Waals surface area contributed by atoms with E-state index in [0.29, 0.717) is 0 Å². The molecule has 5 heteroatoms. The zero-order chi connectivity index (χ0) is 14.1. The maximum absolute atomic E-state index is 10.9. The topological polar surface area (TPSA) is 83.8 Å². The van der Waals surface area contributed by atoms with Crippen molar-refractivity contribution in [2.45, 2.75) is 65.6 Å². The lowest BCUT2D eigenvalue weighted by Crippen LogP contribution is -2.43. The Morgan fingerprint density at radius 2 is 1.88 bits per heavy atom. The Morgan fingerprint density at radius 1 is 1.41 bits per heavy atom. The number of carbonyl (C=O) groups is 2. The van der Waals surface area contributed by atoms with Crippen LogP contribution in [-0.2, 0) is 14.3 Å². The Labute approximate surface area is 103 Å². The van der Waals surface area contributed by atoms with Crippen LogP contribution in [0, 0.1) is 0 Å². The third-order valence-electron chi connectivity index (χ3n) is 1.95. The number of cyclic esters (lactones) is 1. The number of ether oxygens (including phenoxy) is 1. The molecule has 0 amide bonds. The Balaban J connectivity index is 0. The Kier molecular flexibility index (Phi) is 9.66. The van der Waals surface area contributed by atoms with Crippen molar-refractivity contribution in [2.75, 3.05) is 0 Å². The summed E-state index contributed by atoms with van der Waals surface area (Å²) in [5.41, 5.74) is -1.43. The summed E-state index contributed by atoms with van der Waals surface area (Å²) in [6.45, 7) is 9.63. The van der Waals surface area contributed by atoms with Gasteiger partial charge in [0.05, 0.1) is 18.4 Å². The van der Waals surface area contributed by atoms with Gasteiger partial charge in [0.15, 0.2) is 0 Å². The molecule has 0 radical (unpaired) electrons. The Bertz CT molecular complexity index is 235. The second-order valence-electron chi connectivity index (χ2n) is 3.48. The number of hydrogen-bond donors (Lipinski definition) is 2. The summed E-state index contributed by atoms with van der Waals surface area (Å²) in [6.07, 6.45) is -0.869. The predicted molar refractivity (Wildman–Crippen MR) is 64.7 cm³/mol. The molecular weight excluding hydrogens is 224 g/mol. The van der Waals surface area contributed by atoms with E-state index >= 15 is 0 Å². The average Bonchev–Trinajstić information content (AvgIpc) is 2.19. The molecule has 0 aromatic heterocycles. The first-order chi connectivity index (χ1) is 7.91. The lowest BCUT2D eigenvalue weighted by atomic mass is 9.87. The standard InChI is InChI=1S/C8H12O5.2C2H6/c1-5-2-8(12,3-6(9)10)4-7(11)13-5;2*1-2/h5,12H,2-4H2,1H3,(H,9,10);2*1-2H3. The number of esters is 1. The van der Waals surface area contributed by atoms with Crippen LogP contribution in [0.25, 0.3) is 0 Å². The van der Waals surface area contributed by atoms with E-state index in [4.69, 9.17) is 9.84 Å². The fourth-order valence-electron chi connectivity index (χ4n) is 1.60. The van der Waals surface area contributed by atoms with E-state index in [0.717, 1.165) is 0 Å². The zero-order valence-corrected chi connectivity index (χ0v) is 11.3. The number of carboxylic acid groups (broad SMARTS) is 1. The van der Waals surface area contributed by atoms with Gasteiger partial charge in [-0.05, 0) is 6.92 Å². The van der Waals surface area contributed by atoms with E-state index in [1.807, 2.05) is 27.7 Å². The first-order valence-electron chi connectivity index (χ1n) is 6.05. The highest BCUT2D eigenvalue weighted by atomic mass is 16.5. The molecule has 102 valence electrons. The molecule has 1 aliphatic rings. The summed E-state index contributed by atoms with van der Waals surface area (Å²) < 4.78 is 4.77. The second kappa shape index (κ2) is 8.98. The number of carboxylic acids is 1. The molecule has 17 heavy (non-hydrogen) atoms. The van der Waals surface area contributed by atoms with Crippen molar-refractivity contribution in [3.05, 3.63) is 0 Å². The smallest absolute Gasteiger partial charge is 0.308 e. The molecule has 1 fully saturated rings. The van der Waals surface area contributed by atoms with E-state index in [1.54, 1.807) is 6.92 Å². The largest absolute Gasteiger partial charge is 0.481 e. The van der Waals surface area contributed by atoms with Crippen molar-refractivity contribution in [1.29, 1.82) is 0 Å². The quantitative estimate of drug-likeness (QED) is 0.730. The van der Waals surface area contributed by atoms with Crippen molar-refractivity contribution in [3.8, 4) is 0 Å². The monoisotopic (exact) mass is 248 g/mol. The van der Waals surface area contributed by atoms with Gasteiger partial charge >= 0.3 is 11.9 Å². The first kappa shape index (κ1) is 18.3. The van der Waals surface area contributed by atoms with Crippen molar-refractivity contribution in [2.24, 2.45) is 0 Å². The van der Waals surface area contributed by atoms with Crippen molar-refractivity contribution in [3.63, 3.8) is 0 Å². The van der Waals surface area contributed by atoms with Gasteiger partial charge in [0, 0.05) is 6.42 Å². The number of rotatable bonds is 2. The van der Waals surface area contributed by atoms with Gasteiger partial charge in [-0.25, -0.2) is 0 Å². The lowest BCUT2D eigenvalue weighted by Gasteiger charge is -2.33. The van der Waals surface area contributed by atoms with Crippen LogP contribution in [0.3, 0.4) is 0 Å². The molecule has 1 saturated heterocycles. The van der Waals surface area contributed by atoms with Crippen molar-refractivity contribution >= 4 is 11.9 Å². The molecule has 5 nitrogen and oxygen atoms in total. The van der Waals surface area contributed by atoms with Gasteiger partial charge in [-0.3, -0.25) is 9.59 Å². The minimum atomic E-state index is -1.43. The summed E-state index contributed by atoms with van der Waals surface area (Å²) in [4.78, 5) is 21.3. The van der Waals surface area contributed by atoms with Gasteiger partial charge in [0.1, 0.15) is 6.10 Å². The normalized spacial score (nSPS) is 26.7. The zero-order valence-electron chi connectivity index (χ0n) is 11.3. The fourth-order valence-corrected chi connectivity index (χ4v) is 1.60. The second-order valence-corrected chi connectivity index (χ2v) is 3.48. The minimum absolute atomic E-state index is 0.186. The van der Waals surface area contributed by atoms with Crippen LogP contribution < -0.4 is 0 Å². The number of carbonyl (C=O) groups excluding carboxylic acids is 1. The molecule has 2 atom stereocenters.